The number of hydrogen-bond donors (Lipinski definition) is 1. The number of fused-ring (bicyclic) bond motifs is 2. The molecule has 0 atom stereocenters. The Morgan fingerprint density at radius 2 is 1.09 bits per heavy atom. The Morgan fingerprint density at radius 3 is 1.52 bits per heavy atom. The van der Waals surface area contributed by atoms with E-state index in [-0.39, 0.29) is 5.69 Å². The summed E-state index contributed by atoms with van der Waals surface area (Å²) < 4.78 is 14.6. The van der Waals surface area contributed by atoms with Crippen LogP contribution in [0, 0.1) is 37.1 Å². The third-order valence-corrected chi connectivity index (χ3v) is 9.76. The van der Waals surface area contributed by atoms with E-state index < -0.39 is 4.92 Å². The van der Waals surface area contributed by atoms with Gasteiger partial charge in [-0.05, 0) is 103 Å². The SMILES string of the molecule is [C-]#[N+]c1ccc2c(c1)c(-c1cncc(N)c1C)cn2-c1ccc(OC)cc1.[C-]#[N+]c1ccc2c(c1)c(-c1cncc([N+](=O)[O-])c1C)cn2-c1ccc(OC)cc1. The van der Waals surface area contributed by atoms with E-state index in [0.29, 0.717) is 28.2 Å². The van der Waals surface area contributed by atoms with Gasteiger partial charge in [0, 0.05) is 64.0 Å². The van der Waals surface area contributed by atoms with E-state index in [1.807, 2.05) is 96.7 Å². The molecule has 0 aliphatic rings. The summed E-state index contributed by atoms with van der Waals surface area (Å²) in [6.07, 6.45) is 10.4. The fourth-order valence-electron chi connectivity index (χ4n) is 6.70. The summed E-state index contributed by atoms with van der Waals surface area (Å²) >= 11 is 0. The molecule has 4 heterocycles. The molecule has 4 aromatic heterocycles. The predicted octanol–water partition coefficient (Wildman–Crippen LogP) is 10.6. The quantitative estimate of drug-likeness (QED) is 0.0977. The molecule has 0 bridgehead atoms. The Labute approximate surface area is 322 Å². The molecular formula is C44H34N8O4. The first kappa shape index (κ1) is 36.4. The third kappa shape index (κ3) is 6.70. The molecule has 12 heteroatoms. The average Bonchev–Trinajstić information content (AvgIpc) is 3.80. The van der Waals surface area contributed by atoms with Crippen LogP contribution in [0.4, 0.5) is 22.7 Å². The molecule has 0 saturated carbocycles. The second kappa shape index (κ2) is 15.2. The number of nitrogen functional groups attached to an aromatic ring is 1. The molecule has 8 aromatic rings. The molecular weight excluding hydrogens is 705 g/mol. The average molecular weight is 739 g/mol. The first-order valence-electron chi connectivity index (χ1n) is 17.3. The molecule has 4 aromatic carbocycles. The van der Waals surface area contributed by atoms with Crippen LogP contribution in [0.5, 0.6) is 11.5 Å². The van der Waals surface area contributed by atoms with E-state index in [4.69, 9.17) is 28.4 Å². The van der Waals surface area contributed by atoms with Crippen LogP contribution in [0.3, 0.4) is 0 Å². The predicted molar refractivity (Wildman–Crippen MR) is 219 cm³/mol. The van der Waals surface area contributed by atoms with Gasteiger partial charge in [0.2, 0.25) is 0 Å². The number of nitrogens with zero attached hydrogens (tertiary/aromatic N) is 7. The third-order valence-electron chi connectivity index (χ3n) is 9.76. The summed E-state index contributed by atoms with van der Waals surface area (Å²) in [6, 6.07) is 26.7. The molecule has 0 unspecified atom stereocenters. The summed E-state index contributed by atoms with van der Waals surface area (Å²) in [5.74, 6) is 1.56. The zero-order valence-electron chi connectivity index (χ0n) is 30.9. The van der Waals surface area contributed by atoms with Crippen LogP contribution in [0.1, 0.15) is 11.1 Å². The first-order chi connectivity index (χ1) is 27.1. The van der Waals surface area contributed by atoms with Gasteiger partial charge in [0.1, 0.15) is 17.7 Å². The number of methoxy groups -OCH3 is 2. The molecule has 2 N–H and O–H groups in total. The van der Waals surface area contributed by atoms with E-state index in [1.165, 1.54) is 6.20 Å². The Balaban J connectivity index is 0.000000172. The largest absolute Gasteiger partial charge is 0.497 e. The minimum Gasteiger partial charge on any atom is -0.497 e. The van der Waals surface area contributed by atoms with E-state index in [0.717, 1.165) is 66.9 Å². The van der Waals surface area contributed by atoms with Gasteiger partial charge < -0.3 is 24.3 Å². The molecule has 274 valence electrons. The number of benzene rings is 4. The second-order valence-electron chi connectivity index (χ2n) is 12.8. The number of anilines is 1. The van der Waals surface area contributed by atoms with Crippen LogP contribution in [0.15, 0.2) is 122 Å². The van der Waals surface area contributed by atoms with Gasteiger partial charge >= 0.3 is 0 Å². The van der Waals surface area contributed by atoms with Gasteiger partial charge in [-0.25, -0.2) is 9.69 Å². The Hall–Kier alpha value is -7.96. The minimum absolute atomic E-state index is 0.0332. The van der Waals surface area contributed by atoms with Gasteiger partial charge in [-0.15, -0.1) is 0 Å². The van der Waals surface area contributed by atoms with Gasteiger partial charge in [-0.1, -0.05) is 12.1 Å². The van der Waals surface area contributed by atoms with E-state index >= 15 is 0 Å². The topological polar surface area (TPSA) is 132 Å². The molecule has 0 radical (unpaired) electrons. The number of nitrogens with two attached hydrogens (primary N) is 1. The maximum atomic E-state index is 11.4. The lowest BCUT2D eigenvalue weighted by atomic mass is 10.0. The second-order valence-corrected chi connectivity index (χ2v) is 12.8. The summed E-state index contributed by atoms with van der Waals surface area (Å²) in [4.78, 5) is 26.4. The van der Waals surface area contributed by atoms with Gasteiger partial charge in [-0.3, -0.25) is 20.1 Å². The Bertz CT molecular complexity index is 2860. The van der Waals surface area contributed by atoms with Crippen molar-refractivity contribution in [2.45, 2.75) is 13.8 Å². The van der Waals surface area contributed by atoms with Crippen LogP contribution in [0.2, 0.25) is 0 Å². The number of rotatable bonds is 7. The molecule has 0 aliphatic heterocycles. The van der Waals surface area contributed by atoms with Crippen LogP contribution in [0.25, 0.3) is 65.1 Å². The summed E-state index contributed by atoms with van der Waals surface area (Å²) in [7, 11) is 3.27. The van der Waals surface area contributed by atoms with Crippen LogP contribution >= 0.6 is 0 Å². The lowest BCUT2D eigenvalue weighted by Gasteiger charge is -2.07. The Morgan fingerprint density at radius 1 is 0.643 bits per heavy atom. The van der Waals surface area contributed by atoms with E-state index in [1.54, 1.807) is 45.7 Å². The van der Waals surface area contributed by atoms with Crippen molar-refractivity contribution in [1.29, 1.82) is 0 Å². The number of hydrogen-bond acceptors (Lipinski definition) is 7. The van der Waals surface area contributed by atoms with Crippen molar-refractivity contribution in [1.82, 2.24) is 19.1 Å². The van der Waals surface area contributed by atoms with Crippen molar-refractivity contribution in [3.63, 3.8) is 0 Å². The molecule has 0 amide bonds. The zero-order valence-corrected chi connectivity index (χ0v) is 30.9. The van der Waals surface area contributed by atoms with Crippen molar-refractivity contribution in [3.8, 4) is 45.1 Å². The van der Waals surface area contributed by atoms with Crippen LogP contribution in [-0.2, 0) is 0 Å². The lowest BCUT2D eigenvalue weighted by Crippen LogP contribution is -1.95. The fraction of sp³-hybridized carbons (Fsp3) is 0.0909. The van der Waals surface area contributed by atoms with Gasteiger partial charge in [-0.2, -0.15) is 0 Å². The maximum absolute atomic E-state index is 11.4. The van der Waals surface area contributed by atoms with Crippen LogP contribution in [-0.4, -0.2) is 38.2 Å². The van der Waals surface area contributed by atoms with Crippen molar-refractivity contribution < 1.29 is 14.4 Å². The lowest BCUT2D eigenvalue weighted by molar-refractivity contribution is -0.385. The highest BCUT2D eigenvalue weighted by molar-refractivity contribution is 6.01. The van der Waals surface area contributed by atoms with Gasteiger partial charge in [0.15, 0.2) is 11.4 Å². The van der Waals surface area contributed by atoms with Gasteiger partial charge in [0.25, 0.3) is 5.69 Å². The van der Waals surface area contributed by atoms with Crippen molar-refractivity contribution >= 4 is 44.6 Å². The summed E-state index contributed by atoms with van der Waals surface area (Å²) in [5.41, 5.74) is 16.6. The van der Waals surface area contributed by atoms with Crippen LogP contribution < -0.4 is 15.2 Å². The fourth-order valence-corrected chi connectivity index (χ4v) is 6.70. The summed E-state index contributed by atoms with van der Waals surface area (Å²) in [5, 5.41) is 13.2. The Kier molecular flexibility index (Phi) is 9.87. The number of pyridine rings is 2. The highest BCUT2D eigenvalue weighted by Crippen LogP contribution is 2.39. The standard InChI is InChI=1S/C22H16N4O3.C22H18N4O/c1-14-19(11-24-12-22(14)26(27)28)20-13-25(16-5-7-17(29-3)8-6-16)21-9-4-15(23-2)10-18(20)21;1-14-19(11-25-12-21(14)23)20-13-26(16-5-7-17(27-3)8-6-16)22-9-4-15(24-2)10-18(20)22/h4-13H,1,3H3;4-13H,23H2,1,3H3. The molecule has 8 rings (SSSR count). The number of ether oxygens (including phenoxy) is 2. The number of nitro groups is 1. The minimum atomic E-state index is -0.431. The zero-order chi connectivity index (χ0) is 39.5. The van der Waals surface area contributed by atoms with E-state index in [9.17, 15) is 10.1 Å². The highest BCUT2D eigenvalue weighted by atomic mass is 16.6. The number of aromatic nitrogens is 4. The van der Waals surface area contributed by atoms with Crippen molar-refractivity contribution in [2.24, 2.45) is 0 Å². The van der Waals surface area contributed by atoms with E-state index in [2.05, 4.69) is 30.4 Å². The smallest absolute Gasteiger partial charge is 0.291 e. The molecule has 56 heavy (non-hydrogen) atoms. The molecule has 0 fully saturated rings. The van der Waals surface area contributed by atoms with Crippen molar-refractivity contribution in [2.75, 3.05) is 20.0 Å². The monoisotopic (exact) mass is 738 g/mol. The molecule has 12 nitrogen and oxygen atoms in total. The molecule has 0 aliphatic carbocycles. The summed E-state index contributed by atoms with van der Waals surface area (Å²) in [6.45, 7) is 18.4. The van der Waals surface area contributed by atoms with Gasteiger partial charge in [0.05, 0.1) is 55.2 Å². The molecule has 0 saturated heterocycles. The maximum Gasteiger partial charge on any atom is 0.291 e. The first-order valence-corrected chi connectivity index (χ1v) is 17.3. The highest BCUT2D eigenvalue weighted by Gasteiger charge is 2.20. The normalized spacial score (nSPS) is 10.7. The molecule has 0 spiro atoms. The van der Waals surface area contributed by atoms with Crippen molar-refractivity contribution in [3.05, 3.63) is 166 Å².